The van der Waals surface area contributed by atoms with Crippen LogP contribution in [0.4, 0.5) is 0 Å². The first-order chi connectivity index (χ1) is 11.8. The monoisotopic (exact) mass is 363 g/mol. The molecule has 25 heavy (non-hydrogen) atoms. The minimum absolute atomic E-state index is 0.0138. The second-order valence-corrected chi connectivity index (χ2v) is 6.23. The number of phenolic OH excluding ortho intramolecular Hbond substituents is 1. The summed E-state index contributed by atoms with van der Waals surface area (Å²) in [5, 5.41) is 10.3. The molecule has 0 radical (unpaired) electrons. The van der Waals surface area contributed by atoms with Gasteiger partial charge in [-0.05, 0) is 12.1 Å². The van der Waals surface area contributed by atoms with Crippen molar-refractivity contribution in [2.45, 2.75) is 12.5 Å². The standard InChI is InChI=1S/C17H13NO2.ClHO4/c19-15-6-3-4-12-10-18-8-2-1-5-14(18)16(17(12)15)13-7-9-20-11-13;2-1(3,4)5/h1-9,11,16H,10H2;(H,2,3,4,5). The number of furan rings is 1. The van der Waals surface area contributed by atoms with Gasteiger partial charge in [-0.25, -0.2) is 18.6 Å². The average molecular weight is 364 g/mol. The first-order valence-corrected chi connectivity index (χ1v) is 8.51. The molecule has 1 N–H and O–H groups in total. The zero-order chi connectivity index (χ0) is 18.0. The van der Waals surface area contributed by atoms with Crippen molar-refractivity contribution in [3.05, 3.63) is 83.6 Å². The number of aromatic hydroxyl groups is 1. The topological polar surface area (TPSA) is 129 Å². The summed E-state index contributed by atoms with van der Waals surface area (Å²) >= 11 is 0. The molecular weight excluding hydrogens is 350 g/mol. The van der Waals surface area contributed by atoms with Crippen LogP contribution in [0.15, 0.2) is 65.6 Å². The fourth-order valence-electron chi connectivity index (χ4n) is 3.07. The maximum Gasteiger partial charge on any atom is 0.193 e. The molecule has 1 aromatic carbocycles. The largest absolute Gasteiger partial charge is 0.508 e. The highest BCUT2D eigenvalue weighted by molar-refractivity contribution is 5.50. The number of hydrogen-bond donors (Lipinski definition) is 1. The van der Waals surface area contributed by atoms with Crippen molar-refractivity contribution < 1.29 is 43.0 Å². The van der Waals surface area contributed by atoms with E-state index in [0.29, 0.717) is 5.75 Å². The van der Waals surface area contributed by atoms with E-state index < -0.39 is 10.2 Å². The summed E-state index contributed by atoms with van der Waals surface area (Å²) in [6.07, 6.45) is 5.51. The first kappa shape index (κ1) is 17.4. The van der Waals surface area contributed by atoms with Gasteiger partial charge in [0.15, 0.2) is 18.4 Å². The summed E-state index contributed by atoms with van der Waals surface area (Å²) in [5.74, 6) is 0.365. The summed E-state index contributed by atoms with van der Waals surface area (Å²) in [6.45, 7) is 0.786. The van der Waals surface area contributed by atoms with Crippen LogP contribution in [0.3, 0.4) is 0 Å². The summed E-state index contributed by atoms with van der Waals surface area (Å²) < 4.78 is 41.4. The molecule has 0 amide bonds. The van der Waals surface area contributed by atoms with Crippen LogP contribution in [0.5, 0.6) is 5.75 Å². The maximum atomic E-state index is 10.3. The van der Waals surface area contributed by atoms with Crippen molar-refractivity contribution in [2.75, 3.05) is 0 Å². The highest BCUT2D eigenvalue weighted by Crippen LogP contribution is 2.39. The van der Waals surface area contributed by atoms with E-state index in [1.807, 2.05) is 24.3 Å². The van der Waals surface area contributed by atoms with Crippen LogP contribution in [-0.4, -0.2) is 5.11 Å². The minimum atomic E-state index is -4.94. The van der Waals surface area contributed by atoms with Crippen LogP contribution < -0.4 is 23.2 Å². The molecule has 1 atom stereocenters. The Hall–Kier alpha value is -2.42. The molecule has 1 unspecified atom stereocenters. The van der Waals surface area contributed by atoms with Crippen LogP contribution in [0.2, 0.25) is 0 Å². The van der Waals surface area contributed by atoms with Crippen LogP contribution in [-0.2, 0) is 6.54 Å². The predicted octanol–water partition coefficient (Wildman–Crippen LogP) is -1.94. The number of fused-ring (bicyclic) bond motifs is 2. The Bertz CT molecular complexity index is 854. The van der Waals surface area contributed by atoms with E-state index >= 15 is 0 Å². The van der Waals surface area contributed by atoms with E-state index in [9.17, 15) is 5.11 Å². The first-order valence-electron chi connectivity index (χ1n) is 7.27. The van der Waals surface area contributed by atoms with E-state index in [-0.39, 0.29) is 5.92 Å². The minimum Gasteiger partial charge on any atom is -0.508 e. The molecule has 0 spiro atoms. The number of rotatable bonds is 1. The van der Waals surface area contributed by atoms with Gasteiger partial charge in [0.25, 0.3) is 0 Å². The molecule has 7 nitrogen and oxygen atoms in total. The Morgan fingerprint density at radius 3 is 2.48 bits per heavy atom. The fourth-order valence-corrected chi connectivity index (χ4v) is 3.07. The maximum absolute atomic E-state index is 10.3. The van der Waals surface area contributed by atoms with Crippen molar-refractivity contribution in [3.8, 4) is 5.75 Å². The van der Waals surface area contributed by atoms with Crippen molar-refractivity contribution in [3.63, 3.8) is 0 Å². The third kappa shape index (κ3) is 3.98. The second-order valence-electron chi connectivity index (χ2n) is 5.47. The molecule has 3 aromatic rings. The lowest BCUT2D eigenvalue weighted by molar-refractivity contribution is -2.00. The molecule has 8 heteroatoms. The lowest BCUT2D eigenvalue weighted by Gasteiger charge is -2.23. The van der Waals surface area contributed by atoms with Gasteiger partial charge >= 0.3 is 0 Å². The molecule has 0 saturated carbocycles. The zero-order valence-corrected chi connectivity index (χ0v) is 13.6. The molecule has 0 fully saturated rings. The van der Waals surface area contributed by atoms with Crippen molar-refractivity contribution in [2.24, 2.45) is 0 Å². The average Bonchev–Trinajstić information content (AvgIpc) is 3.05. The number of phenols is 1. The number of halogens is 1. The molecule has 0 aliphatic carbocycles. The van der Waals surface area contributed by atoms with E-state index in [2.05, 4.69) is 22.9 Å². The third-order valence-corrected chi connectivity index (χ3v) is 3.95. The number of pyridine rings is 1. The van der Waals surface area contributed by atoms with Crippen LogP contribution >= 0.6 is 0 Å². The Kier molecular flexibility index (Phi) is 4.76. The molecule has 4 rings (SSSR count). The molecular formula is C17H14ClNO6. The van der Waals surface area contributed by atoms with Crippen molar-refractivity contribution in [1.29, 1.82) is 0 Å². The van der Waals surface area contributed by atoms with E-state index in [1.165, 1.54) is 5.69 Å². The Balaban J connectivity index is 0.000000324. The summed E-state index contributed by atoms with van der Waals surface area (Å²) in [6, 6.07) is 13.9. The van der Waals surface area contributed by atoms with E-state index in [4.69, 9.17) is 23.1 Å². The molecule has 3 heterocycles. The van der Waals surface area contributed by atoms with Gasteiger partial charge in [-0.2, -0.15) is 4.57 Å². The van der Waals surface area contributed by atoms with Crippen molar-refractivity contribution >= 4 is 0 Å². The smallest absolute Gasteiger partial charge is 0.193 e. The van der Waals surface area contributed by atoms with Gasteiger partial charge in [0.2, 0.25) is 0 Å². The lowest BCUT2D eigenvalue weighted by Crippen LogP contribution is -2.68. The third-order valence-electron chi connectivity index (χ3n) is 3.95. The molecule has 0 bridgehead atoms. The number of benzene rings is 1. The molecule has 2 aromatic heterocycles. The lowest BCUT2D eigenvalue weighted by atomic mass is 9.83. The quantitative estimate of drug-likeness (QED) is 0.392. The molecule has 1 aliphatic rings. The van der Waals surface area contributed by atoms with Crippen LogP contribution in [0, 0.1) is 10.2 Å². The Morgan fingerprint density at radius 2 is 1.80 bits per heavy atom. The normalized spacial score (nSPS) is 15.6. The molecule has 0 saturated heterocycles. The van der Waals surface area contributed by atoms with Gasteiger partial charge in [-0.1, -0.05) is 18.2 Å². The predicted molar refractivity (Wildman–Crippen MR) is 73.5 cm³/mol. The Morgan fingerprint density at radius 1 is 1.04 bits per heavy atom. The van der Waals surface area contributed by atoms with E-state index in [1.54, 1.807) is 18.6 Å². The van der Waals surface area contributed by atoms with Gasteiger partial charge < -0.3 is 9.52 Å². The van der Waals surface area contributed by atoms with Gasteiger partial charge in [-0.15, -0.1) is 10.2 Å². The highest BCUT2D eigenvalue weighted by Gasteiger charge is 2.35. The van der Waals surface area contributed by atoms with Gasteiger partial charge in [-0.3, -0.25) is 0 Å². The highest BCUT2D eigenvalue weighted by atomic mass is 35.7. The molecule has 130 valence electrons. The number of hydrogen-bond acceptors (Lipinski definition) is 6. The Labute approximate surface area is 145 Å². The van der Waals surface area contributed by atoms with Gasteiger partial charge in [0, 0.05) is 28.8 Å². The molecule has 1 aliphatic heterocycles. The van der Waals surface area contributed by atoms with Crippen molar-refractivity contribution in [1.82, 2.24) is 0 Å². The van der Waals surface area contributed by atoms with E-state index in [0.717, 1.165) is 23.2 Å². The summed E-state index contributed by atoms with van der Waals surface area (Å²) in [5.41, 5.74) is 4.37. The fraction of sp³-hybridized carbons (Fsp3) is 0.118. The summed E-state index contributed by atoms with van der Waals surface area (Å²) in [4.78, 5) is 0. The van der Waals surface area contributed by atoms with Gasteiger partial charge in [0.1, 0.15) is 11.7 Å². The van der Waals surface area contributed by atoms with Gasteiger partial charge in [0.05, 0.1) is 12.5 Å². The number of aromatic nitrogens is 1. The van der Waals surface area contributed by atoms with Crippen LogP contribution in [0.25, 0.3) is 0 Å². The SMILES string of the molecule is Oc1cccc2c1C(c1ccoc1)c1cccc[n+]1C2.[O-][Cl+3]([O-])([O-])[O-]. The second kappa shape index (κ2) is 6.83. The zero-order valence-electron chi connectivity index (χ0n) is 12.9. The number of nitrogens with zero attached hydrogens (tertiary/aromatic N) is 1. The summed E-state index contributed by atoms with van der Waals surface area (Å²) in [7, 11) is -4.94. The van der Waals surface area contributed by atoms with Crippen LogP contribution in [0.1, 0.15) is 28.3 Å².